The quantitative estimate of drug-likeness (QED) is 0.361. The summed E-state index contributed by atoms with van der Waals surface area (Å²) in [7, 11) is 0.0428. The van der Waals surface area contributed by atoms with Crippen LogP contribution in [0.3, 0.4) is 0 Å². The molecule has 20 heavy (non-hydrogen) atoms. The lowest BCUT2D eigenvalue weighted by Crippen LogP contribution is -2.24. The zero-order valence-electron chi connectivity index (χ0n) is 11.5. The van der Waals surface area contributed by atoms with Crippen molar-refractivity contribution in [1.82, 2.24) is 5.32 Å². The van der Waals surface area contributed by atoms with Crippen molar-refractivity contribution in [3.8, 4) is 0 Å². The lowest BCUT2D eigenvalue weighted by atomic mass is 10.1. The molecule has 0 aromatic rings. The van der Waals surface area contributed by atoms with Crippen molar-refractivity contribution in [2.45, 2.75) is 50.2 Å². The van der Waals surface area contributed by atoms with Gasteiger partial charge in [0.05, 0.1) is 5.75 Å². The Morgan fingerprint density at radius 2 is 2.05 bits per heavy atom. The monoisotopic (exact) mass is 341 g/mol. The molecular weight excluding hydrogens is 318 g/mol. The van der Waals surface area contributed by atoms with Gasteiger partial charge in [-0.25, -0.2) is 0 Å². The second kappa shape index (κ2) is 9.92. The van der Waals surface area contributed by atoms with E-state index in [4.69, 9.17) is 4.55 Å². The number of carbonyl (C=O) groups is 1. The highest BCUT2D eigenvalue weighted by molar-refractivity contribution is 8.77. The molecule has 0 aliphatic carbocycles. The first-order valence-electron chi connectivity index (χ1n) is 6.97. The van der Waals surface area contributed by atoms with Gasteiger partial charge in [-0.05, 0) is 32.1 Å². The maximum absolute atomic E-state index is 11.5. The lowest BCUT2D eigenvalue weighted by molar-refractivity contribution is -0.121. The Bertz CT molecular complexity index is 380. The Balaban J connectivity index is 1.89. The summed E-state index contributed by atoms with van der Waals surface area (Å²) in [5.41, 5.74) is 0. The van der Waals surface area contributed by atoms with Crippen molar-refractivity contribution < 1.29 is 17.8 Å². The van der Waals surface area contributed by atoms with Gasteiger partial charge in [-0.2, -0.15) is 8.42 Å². The molecular formula is C12H23NO4S3. The Morgan fingerprint density at radius 3 is 2.70 bits per heavy atom. The van der Waals surface area contributed by atoms with E-state index in [1.54, 1.807) is 0 Å². The molecule has 1 aliphatic rings. The fraction of sp³-hybridized carbons (Fsp3) is 0.917. The van der Waals surface area contributed by atoms with E-state index < -0.39 is 10.1 Å². The van der Waals surface area contributed by atoms with Gasteiger partial charge >= 0.3 is 0 Å². The predicted molar refractivity (Wildman–Crippen MR) is 85.6 cm³/mol. The first-order valence-corrected chi connectivity index (χ1v) is 11.0. The molecule has 1 aliphatic heterocycles. The molecule has 1 rings (SSSR count). The Kier molecular flexibility index (Phi) is 8.99. The van der Waals surface area contributed by atoms with Gasteiger partial charge in [0.15, 0.2) is 0 Å². The molecule has 1 unspecified atom stereocenters. The number of rotatable bonds is 10. The molecule has 8 heteroatoms. The molecule has 1 fully saturated rings. The van der Waals surface area contributed by atoms with E-state index in [1.807, 2.05) is 21.6 Å². The lowest BCUT2D eigenvalue weighted by Gasteiger charge is -2.07. The molecule has 0 aromatic heterocycles. The van der Waals surface area contributed by atoms with Gasteiger partial charge in [0.1, 0.15) is 0 Å². The van der Waals surface area contributed by atoms with Crippen LogP contribution in [0.4, 0.5) is 0 Å². The van der Waals surface area contributed by atoms with Crippen LogP contribution in [-0.2, 0) is 14.9 Å². The van der Waals surface area contributed by atoms with Gasteiger partial charge in [0.25, 0.3) is 10.1 Å². The summed E-state index contributed by atoms with van der Waals surface area (Å²) in [6.07, 6.45) is 5.97. The fourth-order valence-corrected chi connectivity index (χ4v) is 5.54. The third kappa shape index (κ3) is 9.90. The van der Waals surface area contributed by atoms with Crippen LogP contribution >= 0.6 is 21.6 Å². The first-order chi connectivity index (χ1) is 9.47. The highest BCUT2D eigenvalue weighted by atomic mass is 33.1. The van der Waals surface area contributed by atoms with Crippen molar-refractivity contribution in [2.75, 3.05) is 18.1 Å². The first kappa shape index (κ1) is 18.1. The summed E-state index contributed by atoms with van der Waals surface area (Å²) in [6.45, 7) is 0.476. The van der Waals surface area contributed by atoms with E-state index in [1.165, 1.54) is 18.6 Å². The molecule has 1 amide bonds. The summed E-state index contributed by atoms with van der Waals surface area (Å²) in [4.78, 5) is 11.5. The SMILES string of the molecule is O=C(CCCCC1CCSS1)NCCCCS(=O)(=O)O. The topological polar surface area (TPSA) is 83.5 Å². The highest BCUT2D eigenvalue weighted by Gasteiger charge is 2.15. The molecule has 0 aromatic carbocycles. The minimum atomic E-state index is -3.87. The van der Waals surface area contributed by atoms with Crippen molar-refractivity contribution in [1.29, 1.82) is 0 Å². The van der Waals surface area contributed by atoms with Crippen molar-refractivity contribution >= 4 is 37.6 Å². The average molecular weight is 342 g/mol. The predicted octanol–water partition coefficient (Wildman–Crippen LogP) is 2.48. The molecule has 5 nitrogen and oxygen atoms in total. The van der Waals surface area contributed by atoms with E-state index in [-0.39, 0.29) is 11.7 Å². The molecule has 0 spiro atoms. The van der Waals surface area contributed by atoms with Crippen molar-refractivity contribution in [3.63, 3.8) is 0 Å². The van der Waals surface area contributed by atoms with Gasteiger partial charge in [-0.1, -0.05) is 28.0 Å². The summed E-state index contributed by atoms with van der Waals surface area (Å²) >= 11 is 0. The van der Waals surface area contributed by atoms with Crippen LogP contribution < -0.4 is 5.32 Å². The molecule has 2 N–H and O–H groups in total. The van der Waals surface area contributed by atoms with Crippen LogP contribution in [0.25, 0.3) is 0 Å². The molecule has 1 heterocycles. The van der Waals surface area contributed by atoms with Crippen LogP contribution in [0.2, 0.25) is 0 Å². The summed E-state index contributed by atoms with van der Waals surface area (Å²) < 4.78 is 29.5. The molecule has 1 saturated heterocycles. The third-order valence-electron chi connectivity index (χ3n) is 3.06. The number of hydrogen-bond acceptors (Lipinski definition) is 5. The Hall–Kier alpha value is 0.0800. The van der Waals surface area contributed by atoms with Crippen LogP contribution in [0.15, 0.2) is 0 Å². The Morgan fingerprint density at radius 1 is 1.25 bits per heavy atom. The standard InChI is InChI=1S/C12H23NO4S3/c14-12(13-8-3-4-10-20(15,16)17)6-2-1-5-11-7-9-18-19-11/h11H,1-10H2,(H,13,14)(H,15,16,17). The molecule has 0 radical (unpaired) electrons. The smallest absolute Gasteiger partial charge is 0.264 e. The zero-order valence-corrected chi connectivity index (χ0v) is 14.0. The van der Waals surface area contributed by atoms with E-state index in [0.29, 0.717) is 25.8 Å². The number of amides is 1. The molecule has 1 atom stereocenters. The van der Waals surface area contributed by atoms with E-state index in [0.717, 1.165) is 18.1 Å². The zero-order chi connectivity index (χ0) is 14.8. The summed E-state index contributed by atoms with van der Waals surface area (Å²) in [5.74, 6) is 1.05. The molecule has 0 saturated carbocycles. The second-order valence-electron chi connectivity index (χ2n) is 4.92. The Labute approximate surface area is 129 Å². The van der Waals surface area contributed by atoms with Crippen LogP contribution in [0.1, 0.15) is 44.9 Å². The number of carbonyl (C=O) groups excluding carboxylic acids is 1. The maximum atomic E-state index is 11.5. The maximum Gasteiger partial charge on any atom is 0.264 e. The van der Waals surface area contributed by atoms with E-state index in [9.17, 15) is 13.2 Å². The third-order valence-corrected chi connectivity index (χ3v) is 6.87. The number of unbranched alkanes of at least 4 members (excludes halogenated alkanes) is 2. The largest absolute Gasteiger partial charge is 0.356 e. The fourth-order valence-electron chi connectivity index (χ4n) is 1.95. The van der Waals surface area contributed by atoms with Gasteiger partial charge < -0.3 is 5.32 Å². The van der Waals surface area contributed by atoms with Gasteiger partial charge in [-0.3, -0.25) is 9.35 Å². The van der Waals surface area contributed by atoms with Crippen molar-refractivity contribution in [2.24, 2.45) is 0 Å². The number of nitrogens with one attached hydrogen (secondary N) is 1. The van der Waals surface area contributed by atoms with E-state index >= 15 is 0 Å². The molecule has 118 valence electrons. The highest BCUT2D eigenvalue weighted by Crippen LogP contribution is 2.39. The van der Waals surface area contributed by atoms with Gasteiger partial charge in [0, 0.05) is 24.0 Å². The van der Waals surface area contributed by atoms with Gasteiger partial charge in [0.2, 0.25) is 5.91 Å². The summed E-state index contributed by atoms with van der Waals surface area (Å²) in [6, 6.07) is 0. The molecule has 0 bridgehead atoms. The minimum absolute atomic E-state index is 0.0327. The van der Waals surface area contributed by atoms with Crippen molar-refractivity contribution in [3.05, 3.63) is 0 Å². The normalized spacial score (nSPS) is 19.1. The average Bonchev–Trinajstić information content (AvgIpc) is 2.86. The van der Waals surface area contributed by atoms with Crippen LogP contribution in [0, 0.1) is 0 Å². The summed E-state index contributed by atoms with van der Waals surface area (Å²) in [5, 5.41) is 3.54. The number of hydrogen-bond donors (Lipinski definition) is 2. The van der Waals surface area contributed by atoms with Crippen LogP contribution in [0.5, 0.6) is 0 Å². The van der Waals surface area contributed by atoms with E-state index in [2.05, 4.69) is 5.32 Å². The van der Waals surface area contributed by atoms with Crippen LogP contribution in [-0.4, -0.2) is 42.2 Å². The van der Waals surface area contributed by atoms with Gasteiger partial charge in [-0.15, -0.1) is 0 Å². The second-order valence-corrected chi connectivity index (χ2v) is 9.28. The minimum Gasteiger partial charge on any atom is -0.356 e.